The minimum atomic E-state index is 0.578. The van der Waals surface area contributed by atoms with E-state index >= 15 is 0 Å². The number of aromatic amines is 1. The number of hydrogen-bond donors (Lipinski definition) is 2. The average Bonchev–Trinajstić information content (AvgIpc) is 3.05. The predicted octanol–water partition coefficient (Wildman–Crippen LogP) is 4.24. The van der Waals surface area contributed by atoms with E-state index in [9.17, 15) is 0 Å². The molecule has 2 heterocycles. The minimum Gasteiger partial charge on any atom is -0.382 e. The number of nitrogens with one attached hydrogen (secondary N) is 2. The number of benzene rings is 2. The number of nitrogens with zero attached hydrogens (tertiary/aromatic N) is 1. The first kappa shape index (κ1) is 14.3. The Morgan fingerprint density at radius 1 is 1.00 bits per heavy atom. The van der Waals surface area contributed by atoms with Gasteiger partial charge in [0.15, 0.2) is 0 Å². The fraction of sp³-hybridized carbons (Fsp3) is 0.300. The Balaban J connectivity index is 1.32. The zero-order valence-electron chi connectivity index (χ0n) is 13.3. The van der Waals surface area contributed by atoms with Crippen LogP contribution in [0.4, 0.5) is 5.69 Å². The molecule has 1 aromatic heterocycles. The molecule has 3 aromatic rings. The first-order valence-corrected chi connectivity index (χ1v) is 8.47. The van der Waals surface area contributed by atoms with Crippen LogP contribution in [0.5, 0.6) is 0 Å². The van der Waals surface area contributed by atoms with E-state index in [4.69, 9.17) is 0 Å². The smallest absolute Gasteiger partial charge is 0.0474 e. The number of anilines is 1. The summed E-state index contributed by atoms with van der Waals surface area (Å²) in [5.74, 6) is 0. The van der Waals surface area contributed by atoms with Crippen molar-refractivity contribution in [2.45, 2.75) is 25.4 Å². The molecular formula is C20H23N3. The van der Waals surface area contributed by atoms with Crippen molar-refractivity contribution in [1.82, 2.24) is 9.88 Å². The summed E-state index contributed by atoms with van der Waals surface area (Å²) in [6.07, 6.45) is 4.40. The van der Waals surface area contributed by atoms with Crippen molar-refractivity contribution in [3.63, 3.8) is 0 Å². The lowest BCUT2D eigenvalue weighted by Crippen LogP contribution is -2.38. The second kappa shape index (κ2) is 6.47. The highest BCUT2D eigenvalue weighted by atomic mass is 15.1. The van der Waals surface area contributed by atoms with Gasteiger partial charge in [-0.05, 0) is 42.0 Å². The zero-order chi connectivity index (χ0) is 15.5. The summed E-state index contributed by atoms with van der Waals surface area (Å²) in [4.78, 5) is 5.84. The number of hydrogen-bond acceptors (Lipinski definition) is 2. The molecule has 3 heteroatoms. The predicted molar refractivity (Wildman–Crippen MR) is 96.7 cm³/mol. The van der Waals surface area contributed by atoms with E-state index in [0.717, 1.165) is 19.6 Å². The van der Waals surface area contributed by atoms with Gasteiger partial charge in [0.25, 0.3) is 0 Å². The quantitative estimate of drug-likeness (QED) is 0.755. The number of likely N-dealkylation sites (tertiary alicyclic amines) is 1. The zero-order valence-corrected chi connectivity index (χ0v) is 13.3. The fourth-order valence-electron chi connectivity index (χ4n) is 3.45. The lowest BCUT2D eigenvalue weighted by Gasteiger charge is -2.33. The number of H-pyrrole nitrogens is 1. The fourth-order valence-corrected chi connectivity index (χ4v) is 3.45. The second-order valence-corrected chi connectivity index (χ2v) is 6.46. The van der Waals surface area contributed by atoms with Crippen LogP contribution in [0.2, 0.25) is 0 Å². The van der Waals surface area contributed by atoms with E-state index in [1.165, 1.54) is 35.0 Å². The normalized spacial score (nSPS) is 16.7. The summed E-state index contributed by atoms with van der Waals surface area (Å²) in [5, 5.41) is 4.97. The van der Waals surface area contributed by atoms with Crippen LogP contribution in [0.25, 0.3) is 10.9 Å². The van der Waals surface area contributed by atoms with Crippen molar-refractivity contribution in [3.05, 3.63) is 66.4 Å². The average molecular weight is 305 g/mol. The Kier molecular flexibility index (Phi) is 4.03. The molecule has 3 nitrogen and oxygen atoms in total. The van der Waals surface area contributed by atoms with Crippen LogP contribution in [0.1, 0.15) is 18.4 Å². The molecule has 2 N–H and O–H groups in total. The summed E-state index contributed by atoms with van der Waals surface area (Å²) >= 11 is 0. The minimum absolute atomic E-state index is 0.578. The lowest BCUT2D eigenvalue weighted by molar-refractivity contribution is 0.211. The van der Waals surface area contributed by atoms with Crippen molar-refractivity contribution in [1.29, 1.82) is 0 Å². The Hall–Kier alpha value is -2.26. The number of piperidine rings is 1. The van der Waals surface area contributed by atoms with Crippen LogP contribution in [0, 0.1) is 0 Å². The molecule has 1 saturated heterocycles. The number of rotatable bonds is 4. The molecule has 1 aliphatic heterocycles. The first-order chi connectivity index (χ1) is 11.4. The van der Waals surface area contributed by atoms with Gasteiger partial charge in [0.1, 0.15) is 0 Å². The molecule has 0 aliphatic carbocycles. The van der Waals surface area contributed by atoms with Gasteiger partial charge in [-0.15, -0.1) is 0 Å². The van der Waals surface area contributed by atoms with E-state index in [2.05, 4.69) is 69.8 Å². The maximum atomic E-state index is 3.70. The topological polar surface area (TPSA) is 31.1 Å². The third-order valence-corrected chi connectivity index (χ3v) is 4.76. The highest BCUT2D eigenvalue weighted by Crippen LogP contribution is 2.21. The van der Waals surface area contributed by atoms with Crippen LogP contribution in [-0.4, -0.2) is 29.0 Å². The van der Waals surface area contributed by atoms with Crippen molar-refractivity contribution >= 4 is 16.6 Å². The second-order valence-electron chi connectivity index (χ2n) is 6.46. The molecule has 0 spiro atoms. The maximum Gasteiger partial charge on any atom is 0.0474 e. The molecule has 1 aliphatic rings. The van der Waals surface area contributed by atoms with Gasteiger partial charge in [0.2, 0.25) is 0 Å². The van der Waals surface area contributed by atoms with E-state index in [-0.39, 0.29) is 0 Å². The van der Waals surface area contributed by atoms with Crippen LogP contribution in [0.15, 0.2) is 60.8 Å². The van der Waals surface area contributed by atoms with E-state index in [1.807, 2.05) is 6.20 Å². The molecule has 0 bridgehead atoms. The Labute approximate surface area is 137 Å². The molecule has 0 amide bonds. The molecule has 2 aromatic carbocycles. The van der Waals surface area contributed by atoms with Crippen LogP contribution < -0.4 is 5.32 Å². The van der Waals surface area contributed by atoms with Gasteiger partial charge < -0.3 is 10.3 Å². The van der Waals surface area contributed by atoms with Crippen molar-refractivity contribution in [3.8, 4) is 0 Å². The first-order valence-electron chi connectivity index (χ1n) is 8.47. The summed E-state index contributed by atoms with van der Waals surface area (Å²) in [7, 11) is 0. The third kappa shape index (κ3) is 3.40. The molecule has 0 unspecified atom stereocenters. The molecule has 23 heavy (non-hydrogen) atoms. The van der Waals surface area contributed by atoms with Gasteiger partial charge in [-0.1, -0.05) is 36.4 Å². The van der Waals surface area contributed by atoms with E-state index in [1.54, 1.807) is 0 Å². The molecule has 0 radical (unpaired) electrons. The van der Waals surface area contributed by atoms with Crippen molar-refractivity contribution < 1.29 is 0 Å². The van der Waals surface area contributed by atoms with Gasteiger partial charge >= 0.3 is 0 Å². The largest absolute Gasteiger partial charge is 0.382 e. The third-order valence-electron chi connectivity index (χ3n) is 4.76. The molecule has 0 atom stereocenters. The molecule has 0 saturated carbocycles. The maximum absolute atomic E-state index is 3.70. The highest BCUT2D eigenvalue weighted by Gasteiger charge is 2.19. The molecule has 4 rings (SSSR count). The summed E-state index contributed by atoms with van der Waals surface area (Å²) < 4.78 is 0. The Morgan fingerprint density at radius 2 is 1.83 bits per heavy atom. The van der Waals surface area contributed by atoms with Crippen molar-refractivity contribution in [2.24, 2.45) is 0 Å². The van der Waals surface area contributed by atoms with E-state index < -0.39 is 0 Å². The molecular weight excluding hydrogens is 282 g/mol. The molecule has 1 fully saturated rings. The van der Waals surface area contributed by atoms with Crippen LogP contribution in [0.3, 0.4) is 0 Å². The SMILES string of the molecule is c1ccc(CN2CCC(Nc3ccc4cc[nH]c4c3)CC2)cc1. The van der Waals surface area contributed by atoms with E-state index in [0.29, 0.717) is 6.04 Å². The van der Waals surface area contributed by atoms with Crippen molar-refractivity contribution in [2.75, 3.05) is 18.4 Å². The number of fused-ring (bicyclic) bond motifs is 1. The molecule has 118 valence electrons. The summed E-state index contributed by atoms with van der Waals surface area (Å²) in [6, 6.07) is 20.0. The Morgan fingerprint density at radius 3 is 2.65 bits per heavy atom. The summed E-state index contributed by atoms with van der Waals surface area (Å²) in [6.45, 7) is 3.40. The van der Waals surface area contributed by atoms with Crippen LogP contribution >= 0.6 is 0 Å². The lowest BCUT2D eigenvalue weighted by atomic mass is 10.0. The van der Waals surface area contributed by atoms with Gasteiger partial charge in [-0.3, -0.25) is 4.90 Å². The Bertz CT molecular complexity index is 755. The monoisotopic (exact) mass is 305 g/mol. The van der Waals surface area contributed by atoms with Gasteiger partial charge in [0.05, 0.1) is 0 Å². The van der Waals surface area contributed by atoms with Crippen LogP contribution in [-0.2, 0) is 6.54 Å². The van der Waals surface area contributed by atoms with Gasteiger partial charge in [-0.25, -0.2) is 0 Å². The summed E-state index contributed by atoms with van der Waals surface area (Å²) in [5.41, 5.74) is 3.84. The standard InChI is InChI=1S/C20H23N3/c1-2-4-16(5-3-1)15-23-12-9-18(10-13-23)22-19-7-6-17-8-11-21-20(17)14-19/h1-8,11,14,18,21-22H,9-10,12-13,15H2. The van der Waals surface area contributed by atoms with Gasteiger partial charge in [-0.2, -0.15) is 0 Å². The number of aromatic nitrogens is 1. The highest BCUT2D eigenvalue weighted by molar-refractivity contribution is 5.82. The van der Waals surface area contributed by atoms with Gasteiger partial charge in [0, 0.05) is 43.1 Å².